The molecule has 0 saturated heterocycles. The summed E-state index contributed by atoms with van der Waals surface area (Å²) in [6.45, 7) is 10.4. The van der Waals surface area contributed by atoms with Crippen molar-refractivity contribution in [2.24, 2.45) is 0 Å². The van der Waals surface area contributed by atoms with Gasteiger partial charge in [-0.2, -0.15) is 0 Å². The fourth-order valence-corrected chi connectivity index (χ4v) is 1.57. The van der Waals surface area contributed by atoms with Gasteiger partial charge in [0.2, 0.25) is 12.3 Å². The molecule has 0 aromatic carbocycles. The number of ether oxygens (including phenoxy) is 1. The maximum Gasteiger partial charge on any atom is 0.243 e. The Bertz CT molecular complexity index is 327. The van der Waals surface area contributed by atoms with Gasteiger partial charge in [-0.15, -0.1) is 0 Å². The molecule has 0 bridgehead atoms. The van der Waals surface area contributed by atoms with Gasteiger partial charge >= 0.3 is 0 Å². The van der Waals surface area contributed by atoms with E-state index in [-0.39, 0.29) is 12.5 Å². The second kappa shape index (κ2) is 7.25. The zero-order valence-electron chi connectivity index (χ0n) is 12.0. The van der Waals surface area contributed by atoms with Crippen molar-refractivity contribution in [2.75, 3.05) is 6.61 Å². The van der Waals surface area contributed by atoms with Crippen LogP contribution in [0.25, 0.3) is 0 Å². The maximum absolute atomic E-state index is 11.2. The number of hydrogen-bond donors (Lipinski definition) is 3. The van der Waals surface area contributed by atoms with Crippen molar-refractivity contribution in [1.29, 1.82) is 0 Å². The third-order valence-corrected chi connectivity index (χ3v) is 2.44. The van der Waals surface area contributed by atoms with Gasteiger partial charge in [0.05, 0.1) is 12.7 Å². The highest BCUT2D eigenvalue weighted by Gasteiger charge is 2.25. The van der Waals surface area contributed by atoms with Gasteiger partial charge in [0, 0.05) is 5.54 Å². The van der Waals surface area contributed by atoms with Crippen LogP contribution in [0.15, 0.2) is 12.7 Å². The zero-order chi connectivity index (χ0) is 15.1. The first-order chi connectivity index (χ1) is 8.62. The SMILES string of the molecule is C=CC(=O)NC(C)(C)CC(O)COC(C)(C)NC=O. The fraction of sp³-hybridized carbons (Fsp3) is 0.692. The molecule has 0 radical (unpaired) electrons. The first kappa shape index (κ1) is 17.6. The third kappa shape index (κ3) is 8.34. The second-order valence-corrected chi connectivity index (χ2v) is 5.52. The highest BCUT2D eigenvalue weighted by molar-refractivity contribution is 5.87. The van der Waals surface area contributed by atoms with E-state index in [1.165, 1.54) is 6.08 Å². The predicted molar refractivity (Wildman–Crippen MR) is 72.3 cm³/mol. The normalized spacial score (nSPS) is 13.5. The Balaban J connectivity index is 4.22. The molecule has 0 saturated carbocycles. The van der Waals surface area contributed by atoms with E-state index < -0.39 is 17.4 Å². The molecule has 0 aromatic rings. The summed E-state index contributed by atoms with van der Waals surface area (Å²) in [5.41, 5.74) is -1.41. The van der Waals surface area contributed by atoms with Crippen LogP contribution in [0.3, 0.4) is 0 Å². The summed E-state index contributed by atoms with van der Waals surface area (Å²) in [5, 5.41) is 15.1. The highest BCUT2D eigenvalue weighted by atomic mass is 16.5. The average Bonchev–Trinajstić information content (AvgIpc) is 2.25. The summed E-state index contributed by atoms with van der Waals surface area (Å²) in [4.78, 5) is 21.6. The van der Waals surface area contributed by atoms with Gasteiger partial charge in [0.1, 0.15) is 5.72 Å². The van der Waals surface area contributed by atoms with Gasteiger partial charge in [-0.25, -0.2) is 0 Å². The van der Waals surface area contributed by atoms with Crippen LogP contribution >= 0.6 is 0 Å². The van der Waals surface area contributed by atoms with Crippen LogP contribution in [0.1, 0.15) is 34.1 Å². The zero-order valence-corrected chi connectivity index (χ0v) is 12.0. The van der Waals surface area contributed by atoms with Gasteiger partial charge < -0.3 is 20.5 Å². The van der Waals surface area contributed by atoms with Crippen molar-refractivity contribution in [3.05, 3.63) is 12.7 Å². The maximum atomic E-state index is 11.2. The lowest BCUT2D eigenvalue weighted by Gasteiger charge is -2.30. The predicted octanol–water partition coefficient (Wildman–Crippen LogP) is 0.317. The summed E-state index contributed by atoms with van der Waals surface area (Å²) in [6.07, 6.45) is 1.29. The largest absolute Gasteiger partial charge is 0.391 e. The van der Waals surface area contributed by atoms with E-state index >= 15 is 0 Å². The molecule has 0 rings (SSSR count). The Labute approximate surface area is 114 Å². The molecule has 0 spiro atoms. The molecule has 0 aliphatic rings. The highest BCUT2D eigenvalue weighted by Crippen LogP contribution is 2.14. The van der Waals surface area contributed by atoms with E-state index in [1.54, 1.807) is 27.7 Å². The summed E-state index contributed by atoms with van der Waals surface area (Å²) in [6, 6.07) is 0. The van der Waals surface area contributed by atoms with Crippen molar-refractivity contribution < 1.29 is 19.4 Å². The molecule has 6 nitrogen and oxygen atoms in total. The number of amides is 2. The topological polar surface area (TPSA) is 87.7 Å². The van der Waals surface area contributed by atoms with Crippen molar-refractivity contribution in [3.8, 4) is 0 Å². The number of carbonyl (C=O) groups is 2. The Hall–Kier alpha value is -1.40. The van der Waals surface area contributed by atoms with E-state index in [0.29, 0.717) is 12.8 Å². The minimum atomic E-state index is -0.836. The monoisotopic (exact) mass is 272 g/mol. The van der Waals surface area contributed by atoms with Gasteiger partial charge in [0.25, 0.3) is 0 Å². The number of aliphatic hydroxyl groups is 1. The smallest absolute Gasteiger partial charge is 0.243 e. The van der Waals surface area contributed by atoms with Crippen molar-refractivity contribution in [2.45, 2.75) is 51.5 Å². The van der Waals surface area contributed by atoms with Gasteiger partial charge in [-0.1, -0.05) is 6.58 Å². The second-order valence-electron chi connectivity index (χ2n) is 5.52. The third-order valence-electron chi connectivity index (χ3n) is 2.44. The van der Waals surface area contributed by atoms with E-state index in [0.717, 1.165) is 0 Å². The number of aliphatic hydroxyl groups excluding tert-OH is 1. The number of nitrogens with one attached hydrogen (secondary N) is 2. The van der Waals surface area contributed by atoms with Crippen LogP contribution in [-0.2, 0) is 14.3 Å². The van der Waals surface area contributed by atoms with Crippen LogP contribution in [0.4, 0.5) is 0 Å². The average molecular weight is 272 g/mol. The first-order valence-corrected chi connectivity index (χ1v) is 6.10. The van der Waals surface area contributed by atoms with Crippen LogP contribution in [0.5, 0.6) is 0 Å². The minimum absolute atomic E-state index is 0.0568. The van der Waals surface area contributed by atoms with Gasteiger partial charge in [0.15, 0.2) is 0 Å². The molecule has 0 aliphatic carbocycles. The molecule has 1 unspecified atom stereocenters. The van der Waals surface area contributed by atoms with Gasteiger partial charge in [-0.3, -0.25) is 9.59 Å². The summed E-state index contributed by atoms with van der Waals surface area (Å²) in [7, 11) is 0. The lowest BCUT2D eigenvalue weighted by molar-refractivity contribution is -0.124. The molecule has 0 heterocycles. The summed E-state index contributed by atoms with van der Waals surface area (Å²) < 4.78 is 5.38. The molecule has 110 valence electrons. The molecule has 0 aromatic heterocycles. The lowest BCUT2D eigenvalue weighted by atomic mass is 9.97. The van der Waals surface area contributed by atoms with Crippen LogP contribution in [-0.4, -0.2) is 41.4 Å². The molecule has 2 amide bonds. The Morgan fingerprint density at radius 3 is 2.47 bits per heavy atom. The van der Waals surface area contributed by atoms with Crippen molar-refractivity contribution in [3.63, 3.8) is 0 Å². The van der Waals surface area contributed by atoms with Crippen LogP contribution in [0.2, 0.25) is 0 Å². The van der Waals surface area contributed by atoms with E-state index in [4.69, 9.17) is 4.74 Å². The molecular formula is C13H24N2O4. The standard InChI is InChI=1S/C13H24N2O4/c1-6-11(18)15-12(2,3)7-10(17)8-19-13(4,5)14-9-16/h6,9-10,17H,1,7-8H2,2-5H3,(H,14,16)(H,15,18). The Morgan fingerprint density at radius 1 is 1.42 bits per heavy atom. The fourth-order valence-electron chi connectivity index (χ4n) is 1.57. The van der Waals surface area contributed by atoms with Crippen molar-refractivity contribution in [1.82, 2.24) is 10.6 Å². The number of carbonyl (C=O) groups excluding carboxylic acids is 2. The number of rotatable bonds is 9. The molecule has 0 aliphatic heterocycles. The Kier molecular flexibility index (Phi) is 6.72. The van der Waals surface area contributed by atoms with E-state index in [9.17, 15) is 14.7 Å². The minimum Gasteiger partial charge on any atom is -0.391 e. The lowest BCUT2D eigenvalue weighted by Crippen LogP contribution is -2.47. The molecule has 1 atom stereocenters. The molecule has 3 N–H and O–H groups in total. The molecule has 0 fully saturated rings. The molecule has 6 heteroatoms. The summed E-state index contributed by atoms with van der Waals surface area (Å²) >= 11 is 0. The van der Waals surface area contributed by atoms with Crippen molar-refractivity contribution >= 4 is 12.3 Å². The molecular weight excluding hydrogens is 248 g/mol. The van der Waals surface area contributed by atoms with Gasteiger partial charge in [-0.05, 0) is 40.2 Å². The van der Waals surface area contributed by atoms with E-state index in [2.05, 4.69) is 17.2 Å². The quantitative estimate of drug-likeness (QED) is 0.320. The summed E-state index contributed by atoms with van der Waals surface area (Å²) in [5.74, 6) is -0.291. The first-order valence-electron chi connectivity index (χ1n) is 6.10. The van der Waals surface area contributed by atoms with E-state index in [1.807, 2.05) is 0 Å². The van der Waals surface area contributed by atoms with Crippen LogP contribution in [0, 0.1) is 0 Å². The van der Waals surface area contributed by atoms with Crippen LogP contribution < -0.4 is 10.6 Å². The number of hydrogen-bond acceptors (Lipinski definition) is 4. The Morgan fingerprint density at radius 2 is 2.00 bits per heavy atom. The molecule has 19 heavy (non-hydrogen) atoms.